The lowest BCUT2D eigenvalue weighted by atomic mass is 10.2. The average Bonchev–Trinajstić information content (AvgIpc) is 3.13. The summed E-state index contributed by atoms with van der Waals surface area (Å²) in [5, 5.41) is 15.1. The Morgan fingerprint density at radius 2 is 2.33 bits per heavy atom. The number of amides is 1. The standard InChI is InChI=1S/C17H18F3N7O6/c1-10(29)24-15-11(3-2-4-22-8-32-17(18,19)20)6-27(16(30)25-15)14-5-12(13(7-28)33-14)31-9-23-26-21/h6,8,12-14,28H,4-5,7,9H2,1H3,(H,24,25,29,30)/b22-8-. The predicted octanol–water partition coefficient (Wildman–Crippen LogP) is 1.05. The van der Waals surface area contributed by atoms with Crippen molar-refractivity contribution in [3.8, 4) is 11.8 Å². The first-order chi connectivity index (χ1) is 15.6. The van der Waals surface area contributed by atoms with E-state index in [9.17, 15) is 27.9 Å². The molecule has 3 atom stereocenters. The number of aliphatic hydroxyl groups excluding tert-OH is 1. The van der Waals surface area contributed by atoms with Crippen LogP contribution in [0.15, 0.2) is 21.1 Å². The van der Waals surface area contributed by atoms with Crippen LogP contribution in [0, 0.1) is 11.8 Å². The minimum Gasteiger partial charge on any atom is -0.395 e. The normalized spacial score (nSPS) is 20.1. The van der Waals surface area contributed by atoms with Gasteiger partial charge in [-0.3, -0.25) is 9.36 Å². The van der Waals surface area contributed by atoms with Gasteiger partial charge in [-0.25, -0.2) is 9.79 Å². The Kier molecular flexibility index (Phi) is 9.18. The van der Waals surface area contributed by atoms with Crippen molar-refractivity contribution in [2.75, 3.05) is 25.2 Å². The number of carbonyl (C=O) groups is 1. The number of nitrogens with zero attached hydrogens (tertiary/aromatic N) is 6. The van der Waals surface area contributed by atoms with Crippen molar-refractivity contribution in [1.82, 2.24) is 9.55 Å². The highest BCUT2D eigenvalue weighted by Crippen LogP contribution is 2.30. The molecule has 2 heterocycles. The maximum absolute atomic E-state index is 12.5. The van der Waals surface area contributed by atoms with Gasteiger partial charge in [0.2, 0.25) is 5.91 Å². The van der Waals surface area contributed by atoms with Crippen LogP contribution >= 0.6 is 0 Å². The van der Waals surface area contributed by atoms with Crippen LogP contribution in [0.5, 0.6) is 0 Å². The first kappa shape index (κ1) is 25.6. The monoisotopic (exact) mass is 473 g/mol. The smallest absolute Gasteiger partial charge is 0.395 e. The minimum atomic E-state index is -4.87. The van der Waals surface area contributed by atoms with Crippen molar-refractivity contribution >= 4 is 18.1 Å². The molecular formula is C17H18F3N7O6. The Balaban J connectivity index is 2.26. The van der Waals surface area contributed by atoms with Gasteiger partial charge in [0.25, 0.3) is 0 Å². The first-order valence-corrected chi connectivity index (χ1v) is 9.16. The largest absolute Gasteiger partial charge is 0.573 e. The lowest BCUT2D eigenvalue weighted by Crippen LogP contribution is -2.29. The number of nitrogens with one attached hydrogen (secondary N) is 1. The summed E-state index contributed by atoms with van der Waals surface area (Å²) >= 11 is 0. The highest BCUT2D eigenvalue weighted by atomic mass is 19.4. The molecule has 33 heavy (non-hydrogen) atoms. The van der Waals surface area contributed by atoms with Gasteiger partial charge >= 0.3 is 12.1 Å². The first-order valence-electron chi connectivity index (χ1n) is 9.16. The van der Waals surface area contributed by atoms with Crippen LogP contribution in [-0.2, 0) is 19.0 Å². The molecule has 2 N–H and O–H groups in total. The summed E-state index contributed by atoms with van der Waals surface area (Å²) in [7, 11) is 0. The summed E-state index contributed by atoms with van der Waals surface area (Å²) in [6, 6.07) is 0. The highest BCUT2D eigenvalue weighted by molar-refractivity contribution is 5.88. The van der Waals surface area contributed by atoms with E-state index in [1.165, 1.54) is 13.1 Å². The van der Waals surface area contributed by atoms with Crippen molar-refractivity contribution in [2.45, 2.75) is 38.1 Å². The molecule has 0 spiro atoms. The number of aliphatic hydroxyl groups is 1. The van der Waals surface area contributed by atoms with E-state index in [0.29, 0.717) is 0 Å². The maximum Gasteiger partial charge on any atom is 0.573 e. The SMILES string of the molecule is CC(=O)Nc1nc(=O)n(C2CC(OCN=[N+]=[N-])C(CO)O2)cc1C#CC/N=C\OC(F)(F)F. The number of halogens is 3. The van der Waals surface area contributed by atoms with Gasteiger partial charge in [0.05, 0.1) is 18.3 Å². The third kappa shape index (κ3) is 8.09. The number of anilines is 1. The van der Waals surface area contributed by atoms with E-state index in [0.717, 1.165) is 4.57 Å². The third-order valence-electron chi connectivity index (χ3n) is 3.98. The Bertz CT molecular complexity index is 1040. The van der Waals surface area contributed by atoms with Gasteiger partial charge in [0.15, 0.2) is 12.2 Å². The number of azide groups is 1. The molecule has 13 nitrogen and oxygen atoms in total. The number of aromatic nitrogens is 2. The second-order valence-electron chi connectivity index (χ2n) is 6.30. The number of ether oxygens (including phenoxy) is 3. The van der Waals surface area contributed by atoms with Gasteiger partial charge in [-0.2, -0.15) is 4.98 Å². The Labute approximate surface area is 183 Å². The molecule has 1 aromatic heterocycles. The van der Waals surface area contributed by atoms with Crippen LogP contribution in [0.25, 0.3) is 10.4 Å². The molecule has 1 amide bonds. The molecule has 1 aliphatic rings. The van der Waals surface area contributed by atoms with Crippen LogP contribution in [0.2, 0.25) is 0 Å². The Hall–Kier alpha value is -3.64. The summed E-state index contributed by atoms with van der Waals surface area (Å²) < 4.78 is 51.1. The summed E-state index contributed by atoms with van der Waals surface area (Å²) in [5.41, 5.74) is 7.59. The molecule has 1 fully saturated rings. The van der Waals surface area contributed by atoms with Gasteiger partial charge < -0.3 is 24.6 Å². The van der Waals surface area contributed by atoms with Crippen LogP contribution < -0.4 is 11.0 Å². The topological polar surface area (TPSA) is 173 Å². The lowest BCUT2D eigenvalue weighted by molar-refractivity contribution is -0.280. The Morgan fingerprint density at radius 1 is 1.58 bits per heavy atom. The number of hydrogen-bond acceptors (Lipinski definition) is 9. The van der Waals surface area contributed by atoms with E-state index in [1.807, 2.05) is 0 Å². The second kappa shape index (κ2) is 11.8. The fourth-order valence-electron chi connectivity index (χ4n) is 2.71. The minimum absolute atomic E-state index is 0.0549. The van der Waals surface area contributed by atoms with Crippen LogP contribution in [0.4, 0.5) is 19.0 Å². The number of hydrogen-bond donors (Lipinski definition) is 2. The molecule has 0 aliphatic carbocycles. The summed E-state index contributed by atoms with van der Waals surface area (Å²) in [4.78, 5) is 33.6. The average molecular weight is 473 g/mol. The van der Waals surface area contributed by atoms with Gasteiger partial charge in [0, 0.05) is 24.5 Å². The summed E-state index contributed by atoms with van der Waals surface area (Å²) in [5.74, 6) is 4.30. The fourth-order valence-corrected chi connectivity index (χ4v) is 2.71. The van der Waals surface area contributed by atoms with Crippen molar-refractivity contribution in [3.63, 3.8) is 0 Å². The molecular weight excluding hydrogens is 455 g/mol. The third-order valence-corrected chi connectivity index (χ3v) is 3.98. The summed E-state index contributed by atoms with van der Waals surface area (Å²) in [6.45, 7) is 0.0588. The molecule has 3 unspecified atom stereocenters. The van der Waals surface area contributed by atoms with Crippen molar-refractivity contribution < 1.29 is 37.3 Å². The maximum atomic E-state index is 12.5. The molecule has 1 aliphatic heterocycles. The zero-order valence-electron chi connectivity index (χ0n) is 17.0. The molecule has 0 bridgehead atoms. The molecule has 0 radical (unpaired) electrons. The van der Waals surface area contributed by atoms with Gasteiger partial charge in [-0.1, -0.05) is 17.0 Å². The van der Waals surface area contributed by atoms with E-state index in [1.54, 1.807) is 0 Å². The molecule has 16 heteroatoms. The van der Waals surface area contributed by atoms with Gasteiger partial charge in [-0.05, 0) is 5.53 Å². The quantitative estimate of drug-likeness (QED) is 0.142. The van der Waals surface area contributed by atoms with Gasteiger partial charge in [-0.15, -0.1) is 13.2 Å². The highest BCUT2D eigenvalue weighted by Gasteiger charge is 2.37. The van der Waals surface area contributed by atoms with Crippen molar-refractivity contribution in [3.05, 3.63) is 32.7 Å². The van der Waals surface area contributed by atoms with Crippen LogP contribution in [0.1, 0.15) is 25.1 Å². The fraction of sp³-hybridized carbons (Fsp3) is 0.529. The molecule has 178 valence electrons. The predicted molar refractivity (Wildman–Crippen MR) is 105 cm³/mol. The van der Waals surface area contributed by atoms with Crippen LogP contribution in [0.3, 0.4) is 0 Å². The number of aliphatic imine (C=N–C) groups is 1. The molecule has 1 saturated heterocycles. The van der Waals surface area contributed by atoms with E-state index in [-0.39, 0.29) is 37.5 Å². The lowest BCUT2D eigenvalue weighted by Gasteiger charge is -2.16. The van der Waals surface area contributed by atoms with Crippen molar-refractivity contribution in [2.24, 2.45) is 10.1 Å². The zero-order chi connectivity index (χ0) is 24.4. The van der Waals surface area contributed by atoms with E-state index < -0.39 is 43.0 Å². The van der Waals surface area contributed by atoms with E-state index >= 15 is 0 Å². The van der Waals surface area contributed by atoms with E-state index in [2.05, 4.69) is 41.9 Å². The molecule has 2 rings (SSSR count). The van der Waals surface area contributed by atoms with Crippen LogP contribution in [-0.4, -0.2) is 65.4 Å². The van der Waals surface area contributed by atoms with E-state index in [4.69, 9.17) is 15.0 Å². The van der Waals surface area contributed by atoms with Gasteiger partial charge in [0.1, 0.15) is 25.6 Å². The number of rotatable bonds is 8. The molecule has 0 aromatic carbocycles. The second-order valence-corrected chi connectivity index (χ2v) is 6.30. The molecule has 1 aromatic rings. The summed E-state index contributed by atoms with van der Waals surface area (Å²) in [6.07, 6.45) is -5.78. The van der Waals surface area contributed by atoms with Crippen molar-refractivity contribution in [1.29, 1.82) is 0 Å². The number of alkyl halides is 3. The zero-order valence-corrected chi connectivity index (χ0v) is 17.0. The number of carbonyl (C=O) groups excluding carboxylic acids is 1. The molecule has 0 saturated carbocycles. The Morgan fingerprint density at radius 3 is 2.97 bits per heavy atom.